The summed E-state index contributed by atoms with van der Waals surface area (Å²) in [6.45, 7) is 0.671. The van der Waals surface area contributed by atoms with E-state index in [1.807, 2.05) is 23.1 Å². The normalized spacial score (nSPS) is 16.8. The van der Waals surface area contributed by atoms with Gasteiger partial charge in [0.2, 0.25) is 5.91 Å². The van der Waals surface area contributed by atoms with E-state index in [0.717, 1.165) is 37.7 Å². The van der Waals surface area contributed by atoms with Crippen LogP contribution >= 0.6 is 0 Å². The van der Waals surface area contributed by atoms with Crippen molar-refractivity contribution in [2.45, 2.75) is 44.6 Å². The van der Waals surface area contributed by atoms with E-state index >= 15 is 0 Å². The van der Waals surface area contributed by atoms with E-state index in [1.165, 1.54) is 5.56 Å². The molecule has 4 nitrogen and oxygen atoms in total. The Balaban J connectivity index is 1.46. The zero-order valence-corrected chi connectivity index (χ0v) is 16.1. The highest BCUT2D eigenvalue weighted by atomic mass is 16.4. The molecular formula is C24H27NO3. The fourth-order valence-electron chi connectivity index (χ4n) is 3.63. The van der Waals surface area contributed by atoms with Crippen LogP contribution in [0, 0.1) is 0 Å². The molecule has 1 N–H and O–H groups in total. The van der Waals surface area contributed by atoms with E-state index in [0.29, 0.717) is 13.0 Å². The minimum absolute atomic E-state index is 0.183. The number of allylic oxidation sites excluding steroid dienone is 1. The lowest BCUT2D eigenvalue weighted by atomic mass is 10.1. The average Bonchev–Trinajstić information content (AvgIpc) is 3.06. The number of carboxylic acid groups (broad SMARTS) is 1. The van der Waals surface area contributed by atoms with Gasteiger partial charge in [0.25, 0.3) is 0 Å². The summed E-state index contributed by atoms with van der Waals surface area (Å²) in [4.78, 5) is 25.1. The first-order chi connectivity index (χ1) is 13.6. The summed E-state index contributed by atoms with van der Waals surface area (Å²) in [5.74, 6) is -0.708. The van der Waals surface area contributed by atoms with E-state index in [9.17, 15) is 9.59 Å². The number of carbonyl (C=O) groups excluding carboxylic acids is 1. The lowest BCUT2D eigenvalue weighted by Gasteiger charge is -2.22. The maximum atomic E-state index is 12.2. The molecule has 2 aromatic rings. The number of aromatic carboxylic acids is 1. The van der Waals surface area contributed by atoms with Crippen molar-refractivity contribution in [3.8, 4) is 0 Å². The summed E-state index contributed by atoms with van der Waals surface area (Å²) in [5, 5.41) is 8.97. The summed E-state index contributed by atoms with van der Waals surface area (Å²) in [5.41, 5.74) is 2.70. The van der Waals surface area contributed by atoms with Gasteiger partial charge in [0, 0.05) is 13.0 Å². The quantitative estimate of drug-likeness (QED) is 0.517. The molecule has 3 rings (SSSR count). The van der Waals surface area contributed by atoms with Crippen LogP contribution < -0.4 is 0 Å². The Hall–Kier alpha value is -2.88. The highest BCUT2D eigenvalue weighted by Gasteiger charge is 2.28. The molecule has 1 heterocycles. The van der Waals surface area contributed by atoms with Crippen LogP contribution in [0.25, 0.3) is 0 Å². The predicted octanol–water partition coefficient (Wildman–Crippen LogP) is 4.50. The molecule has 1 fully saturated rings. The second-order valence-corrected chi connectivity index (χ2v) is 7.25. The fraction of sp³-hybridized carbons (Fsp3) is 0.333. The van der Waals surface area contributed by atoms with Gasteiger partial charge in [-0.05, 0) is 55.4 Å². The molecule has 0 radical (unpaired) electrons. The molecule has 1 aliphatic heterocycles. The van der Waals surface area contributed by atoms with Gasteiger partial charge in [-0.3, -0.25) is 4.79 Å². The van der Waals surface area contributed by atoms with Gasteiger partial charge in [-0.1, -0.05) is 54.6 Å². The fourth-order valence-corrected chi connectivity index (χ4v) is 3.63. The second kappa shape index (κ2) is 9.88. The number of carboxylic acids is 1. The van der Waals surface area contributed by atoms with Gasteiger partial charge in [0.05, 0.1) is 11.6 Å². The Morgan fingerprint density at radius 2 is 1.75 bits per heavy atom. The molecule has 28 heavy (non-hydrogen) atoms. The van der Waals surface area contributed by atoms with E-state index in [-0.39, 0.29) is 17.5 Å². The van der Waals surface area contributed by atoms with Crippen LogP contribution in [-0.2, 0) is 17.6 Å². The summed E-state index contributed by atoms with van der Waals surface area (Å²) in [6, 6.07) is 17.6. The van der Waals surface area contributed by atoms with Gasteiger partial charge in [-0.15, -0.1) is 0 Å². The predicted molar refractivity (Wildman–Crippen MR) is 110 cm³/mol. The Bertz CT molecular complexity index is 812. The minimum atomic E-state index is -0.918. The van der Waals surface area contributed by atoms with E-state index in [1.54, 1.807) is 12.1 Å². The van der Waals surface area contributed by atoms with Gasteiger partial charge in [-0.2, -0.15) is 0 Å². The third-order valence-electron chi connectivity index (χ3n) is 5.25. The van der Waals surface area contributed by atoms with Crippen molar-refractivity contribution in [1.82, 2.24) is 4.90 Å². The van der Waals surface area contributed by atoms with Crippen molar-refractivity contribution in [1.29, 1.82) is 0 Å². The number of amides is 1. The van der Waals surface area contributed by atoms with Gasteiger partial charge in [-0.25, -0.2) is 4.79 Å². The number of benzene rings is 2. The number of unbranched alkanes of at least 4 members (excludes halogenated alkanes) is 1. The van der Waals surface area contributed by atoms with Gasteiger partial charge in [0.1, 0.15) is 0 Å². The highest BCUT2D eigenvalue weighted by Crippen LogP contribution is 2.21. The zero-order valence-electron chi connectivity index (χ0n) is 16.1. The van der Waals surface area contributed by atoms with Crippen LogP contribution in [0.15, 0.2) is 66.7 Å². The molecule has 0 aliphatic carbocycles. The SMILES string of the molecule is O=C(O)c1ccc(CCN2C(=O)CC[C@@H]2/C=C/CCCc2ccccc2)cc1. The van der Waals surface area contributed by atoms with Crippen LogP contribution in [-0.4, -0.2) is 34.5 Å². The summed E-state index contributed by atoms with van der Waals surface area (Å²) >= 11 is 0. The number of nitrogens with zero attached hydrogens (tertiary/aromatic N) is 1. The van der Waals surface area contributed by atoms with Crippen LogP contribution in [0.5, 0.6) is 0 Å². The molecule has 2 aromatic carbocycles. The van der Waals surface area contributed by atoms with E-state index in [2.05, 4.69) is 36.4 Å². The third-order valence-corrected chi connectivity index (χ3v) is 5.25. The molecule has 4 heteroatoms. The summed E-state index contributed by atoms with van der Waals surface area (Å²) in [6.07, 6.45) is 9.82. The summed E-state index contributed by atoms with van der Waals surface area (Å²) < 4.78 is 0. The topological polar surface area (TPSA) is 57.6 Å². The van der Waals surface area contributed by atoms with Crippen molar-refractivity contribution >= 4 is 11.9 Å². The van der Waals surface area contributed by atoms with Gasteiger partial charge < -0.3 is 10.0 Å². The number of hydrogen-bond acceptors (Lipinski definition) is 2. The maximum absolute atomic E-state index is 12.2. The molecular weight excluding hydrogens is 350 g/mol. The first-order valence-electron chi connectivity index (χ1n) is 9.96. The third kappa shape index (κ3) is 5.56. The maximum Gasteiger partial charge on any atom is 0.335 e. The highest BCUT2D eigenvalue weighted by molar-refractivity contribution is 5.87. The molecule has 1 aliphatic rings. The summed E-state index contributed by atoms with van der Waals surface area (Å²) in [7, 11) is 0. The van der Waals surface area contributed by atoms with Gasteiger partial charge in [0.15, 0.2) is 0 Å². The number of likely N-dealkylation sites (tertiary alicyclic amines) is 1. The second-order valence-electron chi connectivity index (χ2n) is 7.25. The van der Waals surface area contributed by atoms with Crippen LogP contribution in [0.4, 0.5) is 0 Å². The Labute approximate surface area is 166 Å². The standard InChI is InChI=1S/C24H27NO3/c26-23-16-15-22(10-6-2-5-9-19-7-3-1-4-8-19)25(23)18-17-20-11-13-21(14-12-20)24(27)28/h1,3-4,6-8,10-14,22H,2,5,9,15-18H2,(H,27,28)/b10-6+/t22-/m0/s1. The number of carbonyl (C=O) groups is 2. The smallest absolute Gasteiger partial charge is 0.335 e. The first-order valence-corrected chi connectivity index (χ1v) is 9.96. The average molecular weight is 377 g/mol. The van der Waals surface area contributed by atoms with E-state index in [4.69, 9.17) is 5.11 Å². The Morgan fingerprint density at radius 3 is 2.46 bits per heavy atom. The van der Waals surface area contributed by atoms with Crippen molar-refractivity contribution in [3.05, 3.63) is 83.4 Å². The zero-order chi connectivity index (χ0) is 19.8. The van der Waals surface area contributed by atoms with Gasteiger partial charge >= 0.3 is 5.97 Å². The Kier molecular flexibility index (Phi) is 7.01. The lowest BCUT2D eigenvalue weighted by molar-refractivity contribution is -0.128. The molecule has 1 amide bonds. The van der Waals surface area contributed by atoms with Crippen molar-refractivity contribution in [2.75, 3.05) is 6.54 Å². The number of aryl methyl sites for hydroxylation is 1. The van der Waals surface area contributed by atoms with Crippen molar-refractivity contribution in [3.63, 3.8) is 0 Å². The molecule has 0 saturated carbocycles. The number of rotatable bonds is 9. The first kappa shape index (κ1) is 19.9. The molecule has 0 bridgehead atoms. The number of hydrogen-bond donors (Lipinski definition) is 1. The van der Waals surface area contributed by atoms with E-state index < -0.39 is 5.97 Å². The minimum Gasteiger partial charge on any atom is -0.478 e. The molecule has 1 saturated heterocycles. The Morgan fingerprint density at radius 1 is 1.04 bits per heavy atom. The lowest BCUT2D eigenvalue weighted by Crippen LogP contribution is -2.33. The molecule has 0 spiro atoms. The van der Waals surface area contributed by atoms with Crippen LogP contribution in [0.1, 0.15) is 47.2 Å². The largest absolute Gasteiger partial charge is 0.478 e. The van der Waals surface area contributed by atoms with Crippen molar-refractivity contribution < 1.29 is 14.7 Å². The van der Waals surface area contributed by atoms with Crippen LogP contribution in [0.3, 0.4) is 0 Å². The molecule has 0 aromatic heterocycles. The molecule has 1 atom stereocenters. The molecule has 146 valence electrons. The van der Waals surface area contributed by atoms with Crippen molar-refractivity contribution in [2.24, 2.45) is 0 Å². The monoisotopic (exact) mass is 377 g/mol. The molecule has 0 unspecified atom stereocenters. The van der Waals surface area contributed by atoms with Crippen LogP contribution in [0.2, 0.25) is 0 Å².